The van der Waals surface area contributed by atoms with Crippen molar-refractivity contribution in [3.8, 4) is 5.75 Å². The standard InChI is InChI=1S/C13H10ClFN2O3/c14-9-4-2-5-10(15)13(9)20-7-8-3-1-6-11(12(8)16)17(18)19/h1-6H,7,16H2. The first-order valence-electron chi connectivity index (χ1n) is 5.59. The van der Waals surface area contributed by atoms with Crippen LogP contribution in [0.3, 0.4) is 0 Å². The molecule has 0 spiro atoms. The van der Waals surface area contributed by atoms with Crippen LogP contribution in [-0.4, -0.2) is 4.92 Å². The van der Waals surface area contributed by atoms with Gasteiger partial charge in [0.2, 0.25) is 0 Å². The number of nitrogen functional groups attached to an aromatic ring is 1. The minimum Gasteiger partial charge on any atom is -0.484 e. The maximum atomic E-state index is 13.5. The lowest BCUT2D eigenvalue weighted by atomic mass is 10.1. The molecule has 2 aromatic carbocycles. The lowest BCUT2D eigenvalue weighted by Crippen LogP contribution is -2.04. The molecule has 7 heteroatoms. The summed E-state index contributed by atoms with van der Waals surface area (Å²) in [5.74, 6) is -0.721. The number of anilines is 1. The molecule has 0 amide bonds. The summed E-state index contributed by atoms with van der Waals surface area (Å²) < 4.78 is 18.8. The maximum Gasteiger partial charge on any atom is 0.292 e. The van der Waals surface area contributed by atoms with E-state index in [1.54, 1.807) is 6.07 Å². The van der Waals surface area contributed by atoms with E-state index in [0.717, 1.165) is 0 Å². The average Bonchev–Trinajstić information content (AvgIpc) is 2.39. The van der Waals surface area contributed by atoms with Gasteiger partial charge in [-0.3, -0.25) is 10.1 Å². The molecule has 2 rings (SSSR count). The minimum absolute atomic E-state index is 0.00929. The van der Waals surface area contributed by atoms with Crippen LogP contribution in [0.4, 0.5) is 15.8 Å². The fraction of sp³-hybridized carbons (Fsp3) is 0.0769. The largest absolute Gasteiger partial charge is 0.484 e. The normalized spacial score (nSPS) is 10.3. The highest BCUT2D eigenvalue weighted by Crippen LogP contribution is 2.30. The van der Waals surface area contributed by atoms with Crippen molar-refractivity contribution in [2.75, 3.05) is 5.73 Å². The lowest BCUT2D eigenvalue weighted by molar-refractivity contribution is -0.384. The van der Waals surface area contributed by atoms with E-state index in [0.29, 0.717) is 5.56 Å². The highest BCUT2D eigenvalue weighted by atomic mass is 35.5. The van der Waals surface area contributed by atoms with Gasteiger partial charge in [0.05, 0.1) is 9.95 Å². The number of hydrogen-bond donors (Lipinski definition) is 1. The summed E-state index contributed by atoms with van der Waals surface area (Å²) in [6.45, 7) is -0.117. The number of nitro groups is 1. The van der Waals surface area contributed by atoms with Crippen LogP contribution < -0.4 is 10.5 Å². The van der Waals surface area contributed by atoms with E-state index < -0.39 is 10.7 Å². The van der Waals surface area contributed by atoms with Gasteiger partial charge >= 0.3 is 0 Å². The molecule has 0 radical (unpaired) electrons. The Balaban J connectivity index is 2.24. The minimum atomic E-state index is -0.610. The van der Waals surface area contributed by atoms with E-state index in [2.05, 4.69) is 0 Å². The topological polar surface area (TPSA) is 78.4 Å². The summed E-state index contributed by atoms with van der Waals surface area (Å²) in [6, 6.07) is 8.48. The van der Waals surface area contributed by atoms with Crippen LogP contribution in [0.25, 0.3) is 0 Å². The Hall–Kier alpha value is -2.34. The molecule has 0 saturated carbocycles. The molecule has 104 valence electrons. The summed E-state index contributed by atoms with van der Waals surface area (Å²) >= 11 is 5.81. The van der Waals surface area contributed by atoms with Gasteiger partial charge in [-0.1, -0.05) is 29.8 Å². The molecule has 5 nitrogen and oxygen atoms in total. The van der Waals surface area contributed by atoms with E-state index in [1.165, 1.54) is 30.3 Å². The second kappa shape index (κ2) is 5.75. The zero-order valence-electron chi connectivity index (χ0n) is 10.2. The molecule has 2 aromatic rings. The summed E-state index contributed by atoms with van der Waals surface area (Å²) in [5.41, 5.74) is 5.84. The van der Waals surface area contributed by atoms with Crippen molar-refractivity contribution in [3.05, 3.63) is 62.9 Å². The molecular formula is C13H10ClFN2O3. The number of hydrogen-bond acceptors (Lipinski definition) is 4. The van der Waals surface area contributed by atoms with Crippen molar-refractivity contribution in [2.24, 2.45) is 0 Å². The van der Waals surface area contributed by atoms with E-state index in [1.807, 2.05) is 0 Å². The third-order valence-corrected chi connectivity index (χ3v) is 2.96. The molecule has 0 saturated heterocycles. The first kappa shape index (κ1) is 14.1. The maximum absolute atomic E-state index is 13.5. The van der Waals surface area contributed by atoms with Crippen LogP contribution >= 0.6 is 11.6 Å². The Morgan fingerprint density at radius 2 is 2.00 bits per heavy atom. The molecule has 20 heavy (non-hydrogen) atoms. The first-order chi connectivity index (χ1) is 9.50. The van der Waals surface area contributed by atoms with Crippen LogP contribution in [0.15, 0.2) is 36.4 Å². The highest BCUT2D eigenvalue weighted by molar-refractivity contribution is 6.32. The van der Waals surface area contributed by atoms with E-state index in [4.69, 9.17) is 22.1 Å². The second-order valence-corrected chi connectivity index (χ2v) is 4.35. The molecular weight excluding hydrogens is 287 g/mol. The number of nitrogens with zero attached hydrogens (tertiary/aromatic N) is 1. The van der Waals surface area contributed by atoms with Crippen LogP contribution in [0.1, 0.15) is 5.56 Å². The molecule has 0 unspecified atom stereocenters. The molecule has 0 bridgehead atoms. The zero-order valence-corrected chi connectivity index (χ0v) is 10.9. The van der Waals surface area contributed by atoms with Crippen molar-refractivity contribution < 1.29 is 14.1 Å². The highest BCUT2D eigenvalue weighted by Gasteiger charge is 2.15. The number of para-hydroxylation sites is 2. The van der Waals surface area contributed by atoms with E-state index in [9.17, 15) is 14.5 Å². The van der Waals surface area contributed by atoms with Gasteiger partial charge in [-0.05, 0) is 12.1 Å². The monoisotopic (exact) mass is 296 g/mol. The number of nitrogens with two attached hydrogens (primary N) is 1. The molecule has 0 aliphatic heterocycles. The van der Waals surface area contributed by atoms with Crippen LogP contribution in [0, 0.1) is 15.9 Å². The Bertz CT molecular complexity index is 644. The van der Waals surface area contributed by atoms with Crippen molar-refractivity contribution in [2.45, 2.75) is 6.61 Å². The fourth-order valence-corrected chi connectivity index (χ4v) is 1.87. The quantitative estimate of drug-likeness (QED) is 0.531. The van der Waals surface area contributed by atoms with Gasteiger partial charge in [-0.25, -0.2) is 4.39 Å². The molecule has 0 atom stereocenters. The summed E-state index contributed by atoms with van der Waals surface area (Å²) in [5, 5.41) is 10.9. The molecule has 0 aliphatic rings. The second-order valence-electron chi connectivity index (χ2n) is 3.95. The smallest absolute Gasteiger partial charge is 0.292 e. The third-order valence-electron chi connectivity index (χ3n) is 2.66. The first-order valence-corrected chi connectivity index (χ1v) is 5.97. The average molecular weight is 297 g/mol. The van der Waals surface area contributed by atoms with Gasteiger partial charge in [0, 0.05) is 11.6 Å². The third kappa shape index (κ3) is 2.80. The van der Waals surface area contributed by atoms with Crippen molar-refractivity contribution >= 4 is 23.0 Å². The lowest BCUT2D eigenvalue weighted by Gasteiger charge is -2.10. The Morgan fingerprint density at radius 3 is 2.65 bits per heavy atom. The Labute approximate surface area is 118 Å². The van der Waals surface area contributed by atoms with Crippen molar-refractivity contribution in [1.82, 2.24) is 0 Å². The van der Waals surface area contributed by atoms with Gasteiger partial charge in [0.1, 0.15) is 12.3 Å². The van der Waals surface area contributed by atoms with E-state index >= 15 is 0 Å². The summed E-state index contributed by atoms with van der Waals surface area (Å²) in [6.07, 6.45) is 0. The van der Waals surface area contributed by atoms with Gasteiger partial charge in [0.25, 0.3) is 5.69 Å². The van der Waals surface area contributed by atoms with Crippen LogP contribution in [0.5, 0.6) is 5.75 Å². The van der Waals surface area contributed by atoms with Crippen molar-refractivity contribution in [1.29, 1.82) is 0 Å². The number of benzene rings is 2. The number of halogens is 2. The van der Waals surface area contributed by atoms with Gasteiger partial charge in [0.15, 0.2) is 11.6 Å². The fourth-order valence-electron chi connectivity index (χ4n) is 1.65. The SMILES string of the molecule is Nc1c(COc2c(F)cccc2Cl)cccc1[N+](=O)[O-]. The number of rotatable bonds is 4. The van der Waals surface area contributed by atoms with Crippen molar-refractivity contribution in [3.63, 3.8) is 0 Å². The van der Waals surface area contributed by atoms with Gasteiger partial charge in [-0.15, -0.1) is 0 Å². The molecule has 0 aromatic heterocycles. The summed E-state index contributed by atoms with van der Waals surface area (Å²) in [7, 11) is 0. The van der Waals surface area contributed by atoms with Gasteiger partial charge < -0.3 is 10.5 Å². The van der Waals surface area contributed by atoms with Gasteiger partial charge in [-0.2, -0.15) is 0 Å². The van der Waals surface area contributed by atoms with Crippen LogP contribution in [-0.2, 0) is 6.61 Å². The zero-order chi connectivity index (χ0) is 14.7. The number of ether oxygens (including phenoxy) is 1. The molecule has 2 N–H and O–H groups in total. The molecule has 0 fully saturated rings. The molecule has 0 heterocycles. The Morgan fingerprint density at radius 1 is 1.30 bits per heavy atom. The van der Waals surface area contributed by atoms with E-state index in [-0.39, 0.29) is 28.8 Å². The van der Waals surface area contributed by atoms with Crippen LogP contribution in [0.2, 0.25) is 5.02 Å². The predicted octanol–water partition coefficient (Wildman–Crippen LogP) is 3.55. The predicted molar refractivity (Wildman–Crippen MR) is 73.3 cm³/mol. The Kier molecular flexibility index (Phi) is 4.05. The number of nitro benzene ring substituents is 1. The molecule has 0 aliphatic carbocycles. The summed E-state index contributed by atoms with van der Waals surface area (Å²) in [4.78, 5) is 10.2.